The highest BCUT2D eigenvalue weighted by Gasteiger charge is 2.20. The van der Waals surface area contributed by atoms with E-state index >= 15 is 0 Å². The number of fused-ring (bicyclic) bond motifs is 1. The minimum absolute atomic E-state index is 0.489. The number of rotatable bonds is 2. The lowest BCUT2D eigenvalue weighted by atomic mass is 10.1. The number of alkyl halides is 1. The summed E-state index contributed by atoms with van der Waals surface area (Å²) in [7, 11) is 0. The van der Waals surface area contributed by atoms with E-state index in [1.807, 2.05) is 12.1 Å². The largest absolute Gasteiger partial charge is 0.363 e. The zero-order valence-electron chi connectivity index (χ0n) is 9.87. The van der Waals surface area contributed by atoms with Crippen LogP contribution in [0.4, 0.5) is 5.69 Å². The summed E-state index contributed by atoms with van der Waals surface area (Å²) in [5.74, 6) is 0.489. The molecule has 0 fully saturated rings. The molecule has 0 amide bonds. The zero-order valence-corrected chi connectivity index (χ0v) is 11.4. The predicted molar refractivity (Wildman–Crippen MR) is 77.3 cm³/mol. The van der Waals surface area contributed by atoms with Crippen LogP contribution in [-0.2, 0) is 19.0 Å². The Morgan fingerprint density at radius 2 is 1.67 bits per heavy atom. The number of hydrogen-bond donors (Lipinski definition) is 0. The first-order chi connectivity index (χ1) is 8.78. The summed E-state index contributed by atoms with van der Waals surface area (Å²) in [5.41, 5.74) is 5.07. The molecule has 3 rings (SSSR count). The van der Waals surface area contributed by atoms with Crippen molar-refractivity contribution in [1.82, 2.24) is 0 Å². The van der Waals surface area contributed by atoms with Gasteiger partial charge in [-0.05, 0) is 34.9 Å². The number of halogens is 2. The lowest BCUT2D eigenvalue weighted by Gasteiger charge is -2.21. The summed E-state index contributed by atoms with van der Waals surface area (Å²) in [5, 5.41) is 0.742. The van der Waals surface area contributed by atoms with Crippen molar-refractivity contribution in [3.05, 3.63) is 64.2 Å². The Morgan fingerprint density at radius 3 is 2.28 bits per heavy atom. The summed E-state index contributed by atoms with van der Waals surface area (Å²) in [6.07, 6.45) is 0. The topological polar surface area (TPSA) is 3.24 Å². The fraction of sp³-hybridized carbons (Fsp3) is 0.200. The molecule has 2 aromatic rings. The van der Waals surface area contributed by atoms with Crippen LogP contribution in [0.15, 0.2) is 42.5 Å². The second-order valence-corrected chi connectivity index (χ2v) is 5.24. The third-order valence-corrected chi connectivity index (χ3v) is 3.89. The Labute approximate surface area is 117 Å². The average molecular weight is 278 g/mol. The van der Waals surface area contributed by atoms with Gasteiger partial charge in [0.05, 0.1) is 0 Å². The highest BCUT2D eigenvalue weighted by molar-refractivity contribution is 6.30. The maximum absolute atomic E-state index is 6.01. The molecule has 0 aromatic heterocycles. The van der Waals surface area contributed by atoms with Crippen molar-refractivity contribution in [3.8, 4) is 0 Å². The van der Waals surface area contributed by atoms with Crippen LogP contribution in [0, 0.1) is 0 Å². The Balaban J connectivity index is 1.95. The Bertz CT molecular complexity index is 555. The molecule has 0 spiro atoms. The van der Waals surface area contributed by atoms with E-state index in [1.165, 1.54) is 16.8 Å². The van der Waals surface area contributed by atoms with E-state index in [4.69, 9.17) is 23.2 Å². The van der Waals surface area contributed by atoms with Gasteiger partial charge in [-0.2, -0.15) is 0 Å². The van der Waals surface area contributed by atoms with E-state index in [2.05, 4.69) is 35.2 Å². The highest BCUT2D eigenvalue weighted by Crippen LogP contribution is 2.32. The molecular weight excluding hydrogens is 265 g/mol. The fourth-order valence-corrected chi connectivity index (χ4v) is 2.88. The number of nitrogens with zero attached hydrogens (tertiary/aromatic N) is 1. The van der Waals surface area contributed by atoms with E-state index in [0.29, 0.717) is 5.88 Å². The van der Waals surface area contributed by atoms with E-state index in [9.17, 15) is 0 Å². The fourth-order valence-electron chi connectivity index (χ4n) is 2.47. The first kappa shape index (κ1) is 11.9. The van der Waals surface area contributed by atoms with Gasteiger partial charge >= 0.3 is 0 Å². The van der Waals surface area contributed by atoms with Crippen LogP contribution >= 0.6 is 23.2 Å². The summed E-state index contributed by atoms with van der Waals surface area (Å²) < 4.78 is 0. The molecule has 1 aliphatic rings. The zero-order chi connectivity index (χ0) is 12.5. The third-order valence-electron chi connectivity index (χ3n) is 3.37. The van der Waals surface area contributed by atoms with Gasteiger partial charge < -0.3 is 4.90 Å². The molecule has 1 heterocycles. The molecule has 0 saturated carbocycles. The van der Waals surface area contributed by atoms with Crippen LogP contribution in [0.25, 0.3) is 0 Å². The van der Waals surface area contributed by atoms with E-state index in [-0.39, 0.29) is 0 Å². The molecule has 92 valence electrons. The second-order valence-electron chi connectivity index (χ2n) is 4.53. The first-order valence-corrected chi connectivity index (χ1v) is 6.85. The monoisotopic (exact) mass is 277 g/mol. The van der Waals surface area contributed by atoms with E-state index in [0.717, 1.165) is 23.7 Å². The molecule has 0 saturated heterocycles. The Morgan fingerprint density at radius 1 is 1.00 bits per heavy atom. The molecule has 0 radical (unpaired) electrons. The lowest BCUT2D eigenvalue weighted by molar-refractivity contribution is 0.874. The molecule has 0 aliphatic carbocycles. The Kier molecular flexibility index (Phi) is 3.19. The average Bonchev–Trinajstić information content (AvgIpc) is 2.82. The van der Waals surface area contributed by atoms with Gasteiger partial charge in [0.25, 0.3) is 0 Å². The molecular formula is C15H13Cl2N. The predicted octanol–water partition coefficient (Wildman–Crippen LogP) is 4.60. The molecule has 3 heteroatoms. The molecule has 0 bridgehead atoms. The van der Waals surface area contributed by atoms with Crippen molar-refractivity contribution in [2.45, 2.75) is 19.0 Å². The minimum Gasteiger partial charge on any atom is -0.363 e. The third kappa shape index (κ3) is 2.09. The molecule has 1 aliphatic heterocycles. The molecule has 0 unspecified atom stereocenters. The standard InChI is InChI=1S/C15H13Cl2N/c16-8-13-7-14(17)5-6-15(13)18-9-11-3-1-2-4-12(11)10-18/h1-7H,8-10H2. The van der Waals surface area contributed by atoms with Crippen molar-refractivity contribution in [3.63, 3.8) is 0 Å². The summed E-state index contributed by atoms with van der Waals surface area (Å²) >= 11 is 12.0. The van der Waals surface area contributed by atoms with Gasteiger partial charge in [0, 0.05) is 29.7 Å². The van der Waals surface area contributed by atoms with Gasteiger partial charge in [-0.25, -0.2) is 0 Å². The summed E-state index contributed by atoms with van der Waals surface area (Å²) in [6, 6.07) is 14.5. The first-order valence-electron chi connectivity index (χ1n) is 5.94. The molecule has 1 nitrogen and oxygen atoms in total. The maximum Gasteiger partial charge on any atom is 0.0495 e. The summed E-state index contributed by atoms with van der Waals surface area (Å²) in [6.45, 7) is 1.89. The van der Waals surface area contributed by atoms with Crippen molar-refractivity contribution in [1.29, 1.82) is 0 Å². The molecule has 2 aromatic carbocycles. The summed E-state index contributed by atoms with van der Waals surface area (Å²) in [4.78, 5) is 2.35. The van der Waals surface area contributed by atoms with Crippen molar-refractivity contribution in [2.75, 3.05) is 4.90 Å². The van der Waals surface area contributed by atoms with Crippen LogP contribution in [0.2, 0.25) is 5.02 Å². The van der Waals surface area contributed by atoms with E-state index < -0.39 is 0 Å². The Hall–Kier alpha value is -1.18. The normalized spacial score (nSPS) is 13.8. The van der Waals surface area contributed by atoms with Crippen LogP contribution < -0.4 is 4.90 Å². The van der Waals surface area contributed by atoms with Gasteiger partial charge in [-0.3, -0.25) is 0 Å². The van der Waals surface area contributed by atoms with Gasteiger partial charge in [0.15, 0.2) is 0 Å². The number of benzene rings is 2. The van der Waals surface area contributed by atoms with Gasteiger partial charge in [-0.15, -0.1) is 11.6 Å². The van der Waals surface area contributed by atoms with Gasteiger partial charge in [-0.1, -0.05) is 35.9 Å². The van der Waals surface area contributed by atoms with Crippen LogP contribution in [0.3, 0.4) is 0 Å². The smallest absolute Gasteiger partial charge is 0.0495 e. The molecule has 0 N–H and O–H groups in total. The lowest BCUT2D eigenvalue weighted by Crippen LogP contribution is -2.16. The van der Waals surface area contributed by atoms with Crippen LogP contribution in [0.1, 0.15) is 16.7 Å². The van der Waals surface area contributed by atoms with Crippen molar-refractivity contribution < 1.29 is 0 Å². The number of anilines is 1. The van der Waals surface area contributed by atoms with Crippen molar-refractivity contribution in [2.24, 2.45) is 0 Å². The van der Waals surface area contributed by atoms with Gasteiger partial charge in [0.2, 0.25) is 0 Å². The SMILES string of the molecule is ClCc1cc(Cl)ccc1N1Cc2ccccc2C1. The molecule has 0 atom stereocenters. The number of hydrogen-bond acceptors (Lipinski definition) is 1. The quantitative estimate of drug-likeness (QED) is 0.726. The minimum atomic E-state index is 0.489. The van der Waals surface area contributed by atoms with Crippen LogP contribution in [-0.4, -0.2) is 0 Å². The molecule has 18 heavy (non-hydrogen) atoms. The van der Waals surface area contributed by atoms with Crippen LogP contribution in [0.5, 0.6) is 0 Å². The second kappa shape index (κ2) is 4.83. The van der Waals surface area contributed by atoms with Crippen molar-refractivity contribution >= 4 is 28.9 Å². The maximum atomic E-state index is 6.01. The van der Waals surface area contributed by atoms with Gasteiger partial charge in [0.1, 0.15) is 0 Å². The highest BCUT2D eigenvalue weighted by atomic mass is 35.5. The van der Waals surface area contributed by atoms with E-state index in [1.54, 1.807) is 0 Å².